The maximum Gasteiger partial charge on any atom is 0.407 e. The van der Waals surface area contributed by atoms with E-state index in [0.717, 1.165) is 24.9 Å². The van der Waals surface area contributed by atoms with Gasteiger partial charge < -0.3 is 20.1 Å². The van der Waals surface area contributed by atoms with Crippen LogP contribution in [-0.2, 0) is 4.74 Å². The molecule has 0 spiro atoms. The molecule has 0 bridgehead atoms. The van der Waals surface area contributed by atoms with Crippen molar-refractivity contribution in [3.8, 4) is 11.8 Å². The number of carbonyl (C=O) groups is 1. The van der Waals surface area contributed by atoms with Crippen molar-refractivity contribution >= 4 is 6.09 Å². The van der Waals surface area contributed by atoms with Crippen molar-refractivity contribution in [1.82, 2.24) is 20.6 Å². The van der Waals surface area contributed by atoms with E-state index in [0.29, 0.717) is 25.1 Å². The molecule has 0 radical (unpaired) electrons. The molecule has 1 aromatic heterocycles. The highest BCUT2D eigenvalue weighted by atomic mass is 19.1. The van der Waals surface area contributed by atoms with E-state index in [4.69, 9.17) is 14.7 Å². The van der Waals surface area contributed by atoms with Gasteiger partial charge in [-0.25, -0.2) is 19.2 Å². The number of nitriles is 1. The summed E-state index contributed by atoms with van der Waals surface area (Å²) in [7, 11) is 0. The van der Waals surface area contributed by atoms with Crippen LogP contribution in [0.4, 0.5) is 9.18 Å². The summed E-state index contributed by atoms with van der Waals surface area (Å²) in [5, 5.41) is 15.0. The van der Waals surface area contributed by atoms with Gasteiger partial charge in [0.15, 0.2) is 5.75 Å². The molecular weight excluding hydrogens is 401 g/mol. The Kier molecular flexibility index (Phi) is 6.57. The Morgan fingerprint density at radius 3 is 2.68 bits per heavy atom. The first-order valence-corrected chi connectivity index (χ1v) is 10.4. The summed E-state index contributed by atoms with van der Waals surface area (Å²) in [6.45, 7) is 1.59. The number of ether oxygens (including phenoxy) is 2. The van der Waals surface area contributed by atoms with E-state index in [9.17, 15) is 9.18 Å². The molecule has 8 nitrogen and oxygen atoms in total. The number of benzene rings is 1. The van der Waals surface area contributed by atoms with Crippen LogP contribution in [0.2, 0.25) is 0 Å². The summed E-state index contributed by atoms with van der Waals surface area (Å²) in [5.74, 6) is 0.276. The number of nitrogens with one attached hydrogen (secondary N) is 2. The van der Waals surface area contributed by atoms with Crippen LogP contribution < -0.4 is 15.4 Å². The first-order valence-electron chi connectivity index (χ1n) is 10.4. The van der Waals surface area contributed by atoms with Gasteiger partial charge in [-0.15, -0.1) is 0 Å². The number of hydrogen-bond acceptors (Lipinski definition) is 7. The summed E-state index contributed by atoms with van der Waals surface area (Å²) in [5.41, 5.74) is 0.986. The van der Waals surface area contributed by atoms with Crippen molar-refractivity contribution in [2.75, 3.05) is 13.1 Å². The van der Waals surface area contributed by atoms with Crippen LogP contribution in [-0.4, -0.2) is 47.4 Å². The molecule has 2 heterocycles. The lowest BCUT2D eigenvalue weighted by Crippen LogP contribution is -2.45. The zero-order chi connectivity index (χ0) is 21.6. The molecule has 2 N–H and O–H groups in total. The standard InChI is InChI=1S/C22H24FN5O3/c23-16-5-3-14(4-6-16)15-8-19(28-22(29)31-17-2-1-7-25-11-17)20(9-15)30-18-12-26-21(10-24)27-13-18/h3-6,12-13,15,17,19-20,25H,1-2,7-9,11H2,(H,28,29). The first kappa shape index (κ1) is 21.0. The number of alkyl carbamates (subject to hydrolysis) is 1. The van der Waals surface area contributed by atoms with Crippen LogP contribution in [0, 0.1) is 17.1 Å². The smallest absolute Gasteiger partial charge is 0.407 e. The lowest BCUT2D eigenvalue weighted by Gasteiger charge is -2.25. The lowest BCUT2D eigenvalue weighted by atomic mass is 9.97. The molecule has 4 unspecified atom stereocenters. The van der Waals surface area contributed by atoms with Crippen molar-refractivity contribution in [3.05, 3.63) is 53.9 Å². The molecule has 1 saturated carbocycles. The second-order valence-corrected chi connectivity index (χ2v) is 7.85. The van der Waals surface area contributed by atoms with Gasteiger partial charge in [0.2, 0.25) is 5.82 Å². The monoisotopic (exact) mass is 425 g/mol. The summed E-state index contributed by atoms with van der Waals surface area (Å²) in [6.07, 6.45) is 5.00. The zero-order valence-electron chi connectivity index (χ0n) is 17.0. The van der Waals surface area contributed by atoms with Crippen LogP contribution >= 0.6 is 0 Å². The molecule has 31 heavy (non-hydrogen) atoms. The fraction of sp³-hybridized carbons (Fsp3) is 0.455. The van der Waals surface area contributed by atoms with E-state index in [1.807, 2.05) is 6.07 Å². The number of amides is 1. The van der Waals surface area contributed by atoms with Crippen molar-refractivity contribution in [2.24, 2.45) is 0 Å². The van der Waals surface area contributed by atoms with Gasteiger partial charge in [-0.3, -0.25) is 0 Å². The highest BCUT2D eigenvalue weighted by Gasteiger charge is 2.38. The van der Waals surface area contributed by atoms with E-state index in [1.165, 1.54) is 24.5 Å². The lowest BCUT2D eigenvalue weighted by molar-refractivity contribution is 0.0741. The molecule has 2 aromatic rings. The van der Waals surface area contributed by atoms with Crippen LogP contribution in [0.5, 0.6) is 5.75 Å². The minimum Gasteiger partial charge on any atom is -0.485 e. The molecule has 1 amide bonds. The van der Waals surface area contributed by atoms with E-state index in [2.05, 4.69) is 20.6 Å². The van der Waals surface area contributed by atoms with E-state index < -0.39 is 6.09 Å². The Morgan fingerprint density at radius 1 is 1.23 bits per heavy atom. The molecule has 4 atom stereocenters. The second-order valence-electron chi connectivity index (χ2n) is 7.85. The molecule has 162 valence electrons. The van der Waals surface area contributed by atoms with E-state index in [-0.39, 0.29) is 35.8 Å². The molecule has 1 saturated heterocycles. The normalized spacial score (nSPS) is 25.4. The third-order valence-corrected chi connectivity index (χ3v) is 5.69. The van der Waals surface area contributed by atoms with Crippen molar-refractivity contribution < 1.29 is 18.7 Å². The van der Waals surface area contributed by atoms with Gasteiger partial charge in [0.25, 0.3) is 0 Å². The van der Waals surface area contributed by atoms with Gasteiger partial charge in [0.05, 0.1) is 18.4 Å². The highest BCUT2D eigenvalue weighted by molar-refractivity contribution is 5.68. The summed E-state index contributed by atoms with van der Waals surface area (Å²) >= 11 is 0. The zero-order valence-corrected chi connectivity index (χ0v) is 17.0. The number of halogens is 1. The number of rotatable bonds is 5. The Balaban J connectivity index is 1.45. The molecule has 1 aromatic carbocycles. The highest BCUT2D eigenvalue weighted by Crippen LogP contribution is 2.37. The van der Waals surface area contributed by atoms with Gasteiger partial charge in [-0.2, -0.15) is 5.26 Å². The van der Waals surface area contributed by atoms with Crippen molar-refractivity contribution in [2.45, 2.75) is 49.9 Å². The third-order valence-electron chi connectivity index (χ3n) is 5.69. The van der Waals surface area contributed by atoms with E-state index in [1.54, 1.807) is 12.1 Å². The van der Waals surface area contributed by atoms with Gasteiger partial charge >= 0.3 is 6.09 Å². The fourth-order valence-electron chi connectivity index (χ4n) is 4.16. The predicted molar refractivity (Wildman–Crippen MR) is 109 cm³/mol. The third kappa shape index (κ3) is 5.47. The van der Waals surface area contributed by atoms with Gasteiger partial charge in [0, 0.05) is 6.54 Å². The van der Waals surface area contributed by atoms with E-state index >= 15 is 0 Å². The number of piperidine rings is 1. The second kappa shape index (κ2) is 9.71. The van der Waals surface area contributed by atoms with Gasteiger partial charge in [-0.05, 0) is 55.8 Å². The average Bonchev–Trinajstić information content (AvgIpc) is 3.17. The average molecular weight is 425 g/mol. The molecule has 1 aliphatic heterocycles. The number of nitrogens with zero attached hydrogens (tertiary/aromatic N) is 3. The Labute approximate surface area is 179 Å². The quantitative estimate of drug-likeness (QED) is 0.758. The van der Waals surface area contributed by atoms with Crippen molar-refractivity contribution in [3.63, 3.8) is 0 Å². The predicted octanol–water partition coefficient (Wildman–Crippen LogP) is 2.66. The first-order chi connectivity index (χ1) is 15.1. The van der Waals surface area contributed by atoms with Crippen LogP contribution in [0.3, 0.4) is 0 Å². The molecule has 2 aliphatic rings. The minimum atomic E-state index is -0.469. The fourth-order valence-corrected chi connectivity index (χ4v) is 4.16. The minimum absolute atomic E-state index is 0.0577. The number of aromatic nitrogens is 2. The Hall–Kier alpha value is -3.25. The molecular formula is C22H24FN5O3. The SMILES string of the molecule is N#Cc1ncc(OC2CC(c3ccc(F)cc3)CC2NC(=O)OC2CCCNC2)cn1. The molecule has 4 rings (SSSR count). The number of hydrogen-bond donors (Lipinski definition) is 2. The maximum absolute atomic E-state index is 13.3. The number of carbonyl (C=O) groups excluding carboxylic acids is 1. The molecule has 2 fully saturated rings. The summed E-state index contributed by atoms with van der Waals surface area (Å²) in [6, 6.07) is 7.96. The Morgan fingerprint density at radius 2 is 2.00 bits per heavy atom. The summed E-state index contributed by atoms with van der Waals surface area (Å²) < 4.78 is 25.0. The maximum atomic E-state index is 13.3. The topological polar surface area (TPSA) is 109 Å². The van der Waals surface area contributed by atoms with Gasteiger partial charge in [0.1, 0.15) is 24.1 Å². The van der Waals surface area contributed by atoms with Crippen LogP contribution in [0.25, 0.3) is 0 Å². The van der Waals surface area contributed by atoms with Crippen molar-refractivity contribution in [1.29, 1.82) is 5.26 Å². The Bertz CT molecular complexity index is 926. The summed E-state index contributed by atoms with van der Waals surface area (Å²) in [4.78, 5) is 20.4. The van der Waals surface area contributed by atoms with Gasteiger partial charge in [-0.1, -0.05) is 12.1 Å². The van der Waals surface area contributed by atoms with Crippen LogP contribution in [0.1, 0.15) is 43.0 Å². The molecule has 1 aliphatic carbocycles. The largest absolute Gasteiger partial charge is 0.485 e. The van der Waals surface area contributed by atoms with Crippen LogP contribution in [0.15, 0.2) is 36.7 Å². The molecule has 9 heteroatoms.